The van der Waals surface area contributed by atoms with E-state index in [-0.39, 0.29) is 11.8 Å². The van der Waals surface area contributed by atoms with Gasteiger partial charge in [-0.1, -0.05) is 12.1 Å². The Morgan fingerprint density at radius 2 is 1.97 bits per heavy atom. The predicted molar refractivity (Wildman–Crippen MR) is 118 cm³/mol. The molecule has 0 spiro atoms. The van der Waals surface area contributed by atoms with Crippen LogP contribution in [-0.2, 0) is 11.3 Å². The minimum absolute atomic E-state index is 0.161. The lowest BCUT2D eigenvalue weighted by atomic mass is 9.81. The first-order valence-corrected chi connectivity index (χ1v) is 10.7. The van der Waals surface area contributed by atoms with Gasteiger partial charge in [-0.25, -0.2) is 0 Å². The fraction of sp³-hybridized carbons (Fsp3) is 0.261. The van der Waals surface area contributed by atoms with Crippen molar-refractivity contribution in [2.45, 2.75) is 18.5 Å². The van der Waals surface area contributed by atoms with Crippen LogP contribution in [0.1, 0.15) is 38.3 Å². The number of thiophene rings is 1. The van der Waals surface area contributed by atoms with Crippen molar-refractivity contribution >= 4 is 23.2 Å². The number of amides is 2. The van der Waals surface area contributed by atoms with E-state index in [2.05, 4.69) is 10.3 Å². The molecule has 0 aliphatic carbocycles. The maximum atomic E-state index is 13.5. The number of ether oxygens (including phenoxy) is 2. The zero-order chi connectivity index (χ0) is 22.0. The number of hydrogen-bond acceptors (Lipinski definition) is 6. The predicted octanol–water partition coefficient (Wildman–Crippen LogP) is 3.39. The number of pyridine rings is 1. The third-order valence-corrected chi connectivity index (χ3v) is 6.42. The molecule has 160 valence electrons. The van der Waals surface area contributed by atoms with Crippen LogP contribution in [-0.4, -0.2) is 43.0 Å². The van der Waals surface area contributed by atoms with Crippen molar-refractivity contribution in [2.75, 3.05) is 21.3 Å². The molecule has 3 aromatic rings. The van der Waals surface area contributed by atoms with E-state index in [1.807, 2.05) is 29.6 Å². The lowest BCUT2D eigenvalue weighted by Gasteiger charge is -2.39. The normalized spacial score (nSPS) is 17.8. The van der Waals surface area contributed by atoms with Crippen LogP contribution in [0.5, 0.6) is 11.5 Å². The smallest absolute Gasteiger partial charge is 0.254 e. The van der Waals surface area contributed by atoms with E-state index in [4.69, 9.17) is 9.47 Å². The molecule has 1 aliphatic heterocycles. The second kappa shape index (κ2) is 8.77. The molecule has 0 radical (unpaired) electrons. The summed E-state index contributed by atoms with van der Waals surface area (Å²) >= 11 is 1.52. The Balaban J connectivity index is 1.79. The summed E-state index contributed by atoms with van der Waals surface area (Å²) in [5.41, 5.74) is 1.97. The first kappa shape index (κ1) is 20.9. The zero-order valence-corrected chi connectivity index (χ0v) is 18.3. The number of likely N-dealkylation sites (N-methyl/N-ethyl adjacent to an activating group) is 1. The number of nitrogens with one attached hydrogen (secondary N) is 1. The molecule has 1 aromatic carbocycles. The number of hydrogen-bond donors (Lipinski definition) is 1. The van der Waals surface area contributed by atoms with Gasteiger partial charge in [0.25, 0.3) is 5.91 Å². The monoisotopic (exact) mass is 437 g/mol. The number of carbonyl (C=O) groups is 2. The number of nitrogens with zero attached hydrogens (tertiary/aromatic N) is 2. The van der Waals surface area contributed by atoms with Gasteiger partial charge < -0.3 is 19.7 Å². The van der Waals surface area contributed by atoms with Gasteiger partial charge in [-0.05, 0) is 40.8 Å². The van der Waals surface area contributed by atoms with Gasteiger partial charge in [0.1, 0.15) is 0 Å². The molecule has 4 rings (SSSR count). The molecule has 2 aromatic heterocycles. The average Bonchev–Trinajstić information content (AvgIpc) is 3.34. The van der Waals surface area contributed by atoms with E-state index in [9.17, 15) is 9.59 Å². The minimum Gasteiger partial charge on any atom is -0.493 e. The standard InChI is InChI=1S/C23H23N3O4S/c1-26-21(19-7-5-9-31-19)20(22(27)25-13-14-6-4-8-24-12-14)15-10-17(29-2)18(30-3)11-16(15)23(26)28/h4-12,20-21H,13H2,1-3H3,(H,25,27)/t20-,21+/m0/s1. The summed E-state index contributed by atoms with van der Waals surface area (Å²) in [7, 11) is 4.79. The molecule has 0 saturated heterocycles. The van der Waals surface area contributed by atoms with Gasteiger partial charge in [0, 0.05) is 36.4 Å². The van der Waals surface area contributed by atoms with E-state index in [0.29, 0.717) is 29.2 Å². The SMILES string of the molecule is COc1cc2c(cc1OC)[C@H](C(=O)NCc1cccnc1)[C@@H](c1cccs1)N(C)C2=O. The highest BCUT2D eigenvalue weighted by atomic mass is 32.1. The van der Waals surface area contributed by atoms with Crippen molar-refractivity contribution in [3.05, 3.63) is 75.7 Å². The van der Waals surface area contributed by atoms with Gasteiger partial charge in [-0.2, -0.15) is 0 Å². The van der Waals surface area contributed by atoms with Crippen LogP contribution in [0, 0.1) is 0 Å². The number of fused-ring (bicyclic) bond motifs is 1. The summed E-state index contributed by atoms with van der Waals surface area (Å²) in [6.07, 6.45) is 3.41. The number of aromatic nitrogens is 1. The van der Waals surface area contributed by atoms with Crippen molar-refractivity contribution in [3.63, 3.8) is 0 Å². The molecule has 31 heavy (non-hydrogen) atoms. The number of benzene rings is 1. The van der Waals surface area contributed by atoms with Crippen LogP contribution in [0.25, 0.3) is 0 Å². The van der Waals surface area contributed by atoms with Crippen LogP contribution >= 0.6 is 11.3 Å². The van der Waals surface area contributed by atoms with Gasteiger partial charge >= 0.3 is 0 Å². The lowest BCUT2D eigenvalue weighted by molar-refractivity contribution is -0.124. The maximum absolute atomic E-state index is 13.5. The van der Waals surface area contributed by atoms with E-state index in [1.54, 1.807) is 36.5 Å². The molecule has 1 N–H and O–H groups in total. The highest BCUT2D eigenvalue weighted by Crippen LogP contribution is 2.46. The third kappa shape index (κ3) is 3.86. The molecule has 3 heterocycles. The maximum Gasteiger partial charge on any atom is 0.254 e. The molecule has 2 amide bonds. The quantitative estimate of drug-likeness (QED) is 0.639. The summed E-state index contributed by atoms with van der Waals surface area (Å²) in [6.45, 7) is 0.348. The molecule has 0 bridgehead atoms. The second-order valence-corrected chi connectivity index (χ2v) is 8.21. The molecule has 0 fully saturated rings. The first-order valence-electron chi connectivity index (χ1n) is 9.78. The largest absolute Gasteiger partial charge is 0.493 e. The summed E-state index contributed by atoms with van der Waals surface area (Å²) in [5, 5.41) is 4.97. The highest BCUT2D eigenvalue weighted by Gasteiger charge is 2.44. The van der Waals surface area contributed by atoms with Crippen LogP contribution in [0.4, 0.5) is 0 Å². The molecule has 0 saturated carbocycles. The van der Waals surface area contributed by atoms with Crippen LogP contribution in [0.2, 0.25) is 0 Å². The topological polar surface area (TPSA) is 80.8 Å². The number of rotatable bonds is 6. The number of methoxy groups -OCH3 is 2. The Kier molecular flexibility index (Phi) is 5.90. The molecular formula is C23H23N3O4S. The Hall–Kier alpha value is -3.39. The minimum atomic E-state index is -0.604. The Labute approximate surface area is 184 Å². The van der Waals surface area contributed by atoms with E-state index >= 15 is 0 Å². The van der Waals surface area contributed by atoms with Crippen molar-refractivity contribution < 1.29 is 19.1 Å². The molecule has 0 unspecified atom stereocenters. The summed E-state index contributed by atoms with van der Waals surface area (Å²) in [6, 6.07) is 10.6. The fourth-order valence-corrected chi connectivity index (χ4v) is 4.85. The highest BCUT2D eigenvalue weighted by molar-refractivity contribution is 7.10. The third-order valence-electron chi connectivity index (χ3n) is 5.48. The zero-order valence-electron chi connectivity index (χ0n) is 17.5. The fourth-order valence-electron chi connectivity index (χ4n) is 3.95. The van der Waals surface area contributed by atoms with Gasteiger partial charge in [0.05, 0.1) is 26.2 Å². The number of carbonyl (C=O) groups excluding carboxylic acids is 2. The second-order valence-electron chi connectivity index (χ2n) is 7.23. The van der Waals surface area contributed by atoms with Gasteiger partial charge in [-0.3, -0.25) is 14.6 Å². The van der Waals surface area contributed by atoms with E-state index < -0.39 is 12.0 Å². The van der Waals surface area contributed by atoms with Gasteiger partial charge in [-0.15, -0.1) is 11.3 Å². The van der Waals surface area contributed by atoms with Crippen LogP contribution in [0.3, 0.4) is 0 Å². The molecular weight excluding hydrogens is 414 g/mol. The summed E-state index contributed by atoms with van der Waals surface area (Å²) in [4.78, 5) is 33.4. The lowest BCUT2D eigenvalue weighted by Crippen LogP contribution is -2.45. The van der Waals surface area contributed by atoms with E-state index in [0.717, 1.165) is 10.4 Å². The summed E-state index contributed by atoms with van der Waals surface area (Å²) in [5.74, 6) is -0.00533. The Morgan fingerprint density at radius 1 is 1.19 bits per heavy atom. The van der Waals surface area contributed by atoms with Crippen LogP contribution < -0.4 is 14.8 Å². The Morgan fingerprint density at radius 3 is 2.61 bits per heavy atom. The molecule has 7 nitrogen and oxygen atoms in total. The van der Waals surface area contributed by atoms with Crippen molar-refractivity contribution in [1.82, 2.24) is 15.2 Å². The van der Waals surface area contributed by atoms with Crippen molar-refractivity contribution in [2.24, 2.45) is 0 Å². The first-order chi connectivity index (χ1) is 15.0. The van der Waals surface area contributed by atoms with Crippen molar-refractivity contribution in [3.8, 4) is 11.5 Å². The van der Waals surface area contributed by atoms with Gasteiger partial charge in [0.2, 0.25) is 5.91 Å². The van der Waals surface area contributed by atoms with E-state index in [1.165, 1.54) is 25.6 Å². The molecule has 2 atom stereocenters. The molecule has 1 aliphatic rings. The summed E-state index contributed by atoms with van der Waals surface area (Å²) < 4.78 is 10.8. The van der Waals surface area contributed by atoms with Gasteiger partial charge in [0.15, 0.2) is 11.5 Å². The van der Waals surface area contributed by atoms with Crippen molar-refractivity contribution in [1.29, 1.82) is 0 Å². The van der Waals surface area contributed by atoms with Crippen LogP contribution in [0.15, 0.2) is 54.2 Å². The molecule has 8 heteroatoms. The Bertz CT molecular complexity index is 1090. The average molecular weight is 438 g/mol.